The number of pyridine rings is 1. The molecular formula is C18H18N4O. The van der Waals surface area contributed by atoms with E-state index in [2.05, 4.69) is 10.3 Å². The lowest BCUT2D eigenvalue weighted by Crippen LogP contribution is -2.34. The Hall–Kier alpha value is -2.71. The summed E-state index contributed by atoms with van der Waals surface area (Å²) in [6, 6.07) is 11.8. The van der Waals surface area contributed by atoms with Crippen molar-refractivity contribution in [1.82, 2.24) is 10.3 Å². The molecule has 1 atom stereocenters. The van der Waals surface area contributed by atoms with Crippen LogP contribution in [0.3, 0.4) is 0 Å². The minimum atomic E-state index is -0.187. The largest absolute Gasteiger partial charge is 0.316 e. The molecule has 0 bridgehead atoms. The van der Waals surface area contributed by atoms with Gasteiger partial charge in [-0.1, -0.05) is 29.8 Å². The van der Waals surface area contributed by atoms with Crippen LogP contribution in [0.4, 0.5) is 5.82 Å². The van der Waals surface area contributed by atoms with Crippen LogP contribution in [0.15, 0.2) is 42.6 Å². The van der Waals surface area contributed by atoms with Crippen molar-refractivity contribution in [2.45, 2.75) is 13.3 Å². The number of nitrogens with zero attached hydrogens (tertiary/aromatic N) is 3. The first-order valence-corrected chi connectivity index (χ1v) is 7.66. The van der Waals surface area contributed by atoms with Gasteiger partial charge in [0.05, 0.1) is 5.92 Å². The predicted molar refractivity (Wildman–Crippen MR) is 88.5 cm³/mol. The Labute approximate surface area is 135 Å². The minimum absolute atomic E-state index is 0.145. The maximum absolute atomic E-state index is 12.4. The van der Waals surface area contributed by atoms with Crippen molar-refractivity contribution >= 4 is 11.7 Å². The normalized spacial score (nSPS) is 16.8. The highest BCUT2D eigenvalue weighted by Crippen LogP contribution is 2.22. The van der Waals surface area contributed by atoms with Crippen LogP contribution < -0.4 is 10.2 Å². The smallest absolute Gasteiger partial charge is 0.246 e. The predicted octanol–water partition coefficient (Wildman–Crippen LogP) is 2.48. The van der Waals surface area contributed by atoms with Crippen LogP contribution in [0.2, 0.25) is 0 Å². The molecule has 1 amide bonds. The summed E-state index contributed by atoms with van der Waals surface area (Å²) < 4.78 is 0. The van der Waals surface area contributed by atoms with Crippen molar-refractivity contribution in [2.24, 2.45) is 5.92 Å². The molecular weight excluding hydrogens is 288 g/mol. The summed E-state index contributed by atoms with van der Waals surface area (Å²) in [5.41, 5.74) is 3.22. The number of aromatic nitrogens is 1. The third-order valence-corrected chi connectivity index (χ3v) is 4.09. The van der Waals surface area contributed by atoms with Gasteiger partial charge in [-0.05, 0) is 37.6 Å². The van der Waals surface area contributed by atoms with Crippen LogP contribution in [-0.4, -0.2) is 24.0 Å². The summed E-state index contributed by atoms with van der Waals surface area (Å²) >= 11 is 0. The van der Waals surface area contributed by atoms with Gasteiger partial charge in [-0.2, -0.15) is 10.2 Å². The van der Waals surface area contributed by atoms with E-state index in [4.69, 9.17) is 0 Å². The fourth-order valence-corrected chi connectivity index (χ4v) is 2.70. The lowest BCUT2D eigenvalue weighted by atomic mass is 10.1. The van der Waals surface area contributed by atoms with Gasteiger partial charge in [0, 0.05) is 18.3 Å². The fourth-order valence-electron chi connectivity index (χ4n) is 2.70. The second-order valence-electron chi connectivity index (χ2n) is 5.73. The van der Waals surface area contributed by atoms with Gasteiger partial charge in [-0.3, -0.25) is 4.79 Å². The van der Waals surface area contributed by atoms with Gasteiger partial charge in [0.1, 0.15) is 5.82 Å². The average Bonchev–Trinajstić information content (AvgIpc) is 3.11. The number of nitriles is 1. The Morgan fingerprint density at radius 3 is 2.57 bits per heavy atom. The Bertz CT molecular complexity index is 725. The molecule has 0 radical (unpaired) electrons. The zero-order chi connectivity index (χ0) is 16.2. The van der Waals surface area contributed by atoms with Crippen LogP contribution >= 0.6 is 0 Å². The van der Waals surface area contributed by atoms with E-state index in [-0.39, 0.29) is 11.8 Å². The number of carbonyl (C=O) groups is 1. The summed E-state index contributed by atoms with van der Waals surface area (Å²) in [6.45, 7) is 3.48. The molecule has 1 unspecified atom stereocenters. The summed E-state index contributed by atoms with van der Waals surface area (Å²) in [6.07, 6.45) is 4.42. The van der Waals surface area contributed by atoms with E-state index in [0.717, 1.165) is 29.0 Å². The van der Waals surface area contributed by atoms with Crippen LogP contribution in [0.25, 0.3) is 11.1 Å². The van der Waals surface area contributed by atoms with Crippen molar-refractivity contribution in [2.75, 3.05) is 18.0 Å². The lowest BCUT2D eigenvalue weighted by Gasteiger charge is -2.16. The molecule has 1 saturated heterocycles. The van der Waals surface area contributed by atoms with E-state index >= 15 is 0 Å². The standard InChI is InChI=1S/C18H18N4O/c1-13-2-4-14(5-3-13)15-6-7-17(21-11-15)22(12-19)18(23)16-8-9-20-10-16/h2-7,11,16,20H,8-10H2,1H3. The summed E-state index contributed by atoms with van der Waals surface area (Å²) in [4.78, 5) is 17.8. The zero-order valence-electron chi connectivity index (χ0n) is 13.0. The van der Waals surface area contributed by atoms with E-state index in [0.29, 0.717) is 12.4 Å². The fraction of sp³-hybridized carbons (Fsp3) is 0.278. The zero-order valence-corrected chi connectivity index (χ0v) is 13.0. The van der Waals surface area contributed by atoms with E-state index in [1.165, 1.54) is 5.56 Å². The molecule has 0 spiro atoms. The number of rotatable bonds is 3. The van der Waals surface area contributed by atoms with Gasteiger partial charge in [0.15, 0.2) is 6.19 Å². The molecule has 1 fully saturated rings. The third kappa shape index (κ3) is 3.22. The van der Waals surface area contributed by atoms with E-state index in [1.54, 1.807) is 12.3 Å². The molecule has 23 heavy (non-hydrogen) atoms. The molecule has 5 heteroatoms. The van der Waals surface area contributed by atoms with E-state index in [1.807, 2.05) is 43.4 Å². The highest BCUT2D eigenvalue weighted by Gasteiger charge is 2.28. The SMILES string of the molecule is Cc1ccc(-c2ccc(N(C#N)C(=O)C3CCNC3)nc2)cc1. The van der Waals surface area contributed by atoms with Crippen molar-refractivity contribution < 1.29 is 4.79 Å². The van der Waals surface area contributed by atoms with Crippen LogP contribution in [0.5, 0.6) is 0 Å². The quantitative estimate of drug-likeness (QED) is 0.698. The van der Waals surface area contributed by atoms with Crippen molar-refractivity contribution in [3.8, 4) is 17.3 Å². The molecule has 1 aromatic carbocycles. The number of benzene rings is 1. The summed E-state index contributed by atoms with van der Waals surface area (Å²) in [5.74, 6) is 0.0431. The number of carbonyl (C=O) groups excluding carboxylic acids is 1. The topological polar surface area (TPSA) is 69.0 Å². The molecule has 2 heterocycles. The maximum Gasteiger partial charge on any atom is 0.246 e. The van der Waals surface area contributed by atoms with Gasteiger partial charge < -0.3 is 5.32 Å². The summed E-state index contributed by atoms with van der Waals surface area (Å²) in [7, 11) is 0. The maximum atomic E-state index is 12.4. The Morgan fingerprint density at radius 1 is 1.26 bits per heavy atom. The highest BCUT2D eigenvalue weighted by atomic mass is 16.2. The molecule has 1 N–H and O–H groups in total. The first kappa shape index (κ1) is 15.2. The number of anilines is 1. The molecule has 3 rings (SSSR count). The van der Waals surface area contributed by atoms with Gasteiger partial charge in [-0.15, -0.1) is 0 Å². The minimum Gasteiger partial charge on any atom is -0.316 e. The molecule has 0 aliphatic carbocycles. The van der Waals surface area contributed by atoms with E-state index in [9.17, 15) is 10.1 Å². The third-order valence-electron chi connectivity index (χ3n) is 4.09. The highest BCUT2D eigenvalue weighted by molar-refractivity contribution is 5.97. The number of aryl methyl sites for hydroxylation is 1. The molecule has 0 saturated carbocycles. The van der Waals surface area contributed by atoms with Crippen LogP contribution in [-0.2, 0) is 4.79 Å². The molecule has 5 nitrogen and oxygen atoms in total. The van der Waals surface area contributed by atoms with Crippen LogP contribution in [0, 0.1) is 24.3 Å². The molecule has 116 valence electrons. The Morgan fingerprint density at radius 2 is 2.00 bits per heavy atom. The molecule has 2 aromatic rings. The average molecular weight is 306 g/mol. The van der Waals surface area contributed by atoms with Gasteiger partial charge in [0.2, 0.25) is 5.91 Å². The monoisotopic (exact) mass is 306 g/mol. The van der Waals surface area contributed by atoms with E-state index < -0.39 is 0 Å². The second kappa shape index (κ2) is 6.59. The molecule has 1 aliphatic rings. The van der Waals surface area contributed by atoms with Gasteiger partial charge >= 0.3 is 0 Å². The first-order chi connectivity index (χ1) is 11.2. The number of hydrogen-bond acceptors (Lipinski definition) is 4. The Balaban J connectivity index is 1.81. The van der Waals surface area contributed by atoms with Crippen LogP contribution in [0.1, 0.15) is 12.0 Å². The molecule has 1 aliphatic heterocycles. The summed E-state index contributed by atoms with van der Waals surface area (Å²) in [5, 5.41) is 12.5. The van der Waals surface area contributed by atoms with Crippen molar-refractivity contribution in [3.63, 3.8) is 0 Å². The van der Waals surface area contributed by atoms with Gasteiger partial charge in [0.25, 0.3) is 0 Å². The Kier molecular flexibility index (Phi) is 4.35. The number of hydrogen-bond donors (Lipinski definition) is 1. The van der Waals surface area contributed by atoms with Gasteiger partial charge in [-0.25, -0.2) is 4.98 Å². The second-order valence-corrected chi connectivity index (χ2v) is 5.73. The van der Waals surface area contributed by atoms with Crippen molar-refractivity contribution in [3.05, 3.63) is 48.2 Å². The van der Waals surface area contributed by atoms with Crippen molar-refractivity contribution in [1.29, 1.82) is 5.26 Å². The molecule has 1 aromatic heterocycles. The number of nitrogens with one attached hydrogen (secondary N) is 1. The lowest BCUT2D eigenvalue weighted by molar-refractivity contribution is -0.121. The first-order valence-electron chi connectivity index (χ1n) is 7.66. The number of amides is 1.